The van der Waals surface area contributed by atoms with Crippen molar-refractivity contribution in [2.24, 2.45) is 0 Å². The number of nitrogens with zero attached hydrogens (tertiary/aromatic N) is 1. The van der Waals surface area contributed by atoms with Crippen LogP contribution in [-0.2, 0) is 19.1 Å². The number of methoxy groups -OCH3 is 1. The van der Waals surface area contributed by atoms with Gasteiger partial charge in [0.05, 0.1) is 7.11 Å². The molecule has 150 valence electrons. The first-order valence-electron chi connectivity index (χ1n) is 9.84. The molecule has 0 aromatic heterocycles. The second-order valence-corrected chi connectivity index (χ2v) is 6.42. The molecule has 1 aliphatic rings. The van der Waals surface area contributed by atoms with Gasteiger partial charge in [0.2, 0.25) is 11.8 Å². The molecule has 0 unspecified atom stereocenters. The highest BCUT2D eigenvalue weighted by atomic mass is 16.5. The number of nitrogens with one attached hydrogen (secondary N) is 1. The summed E-state index contributed by atoms with van der Waals surface area (Å²) in [5.41, 5.74) is 0. The zero-order valence-electron chi connectivity index (χ0n) is 16.5. The molecular formula is C20H36N2O4. The van der Waals surface area contributed by atoms with Crippen LogP contribution in [-0.4, -0.2) is 49.9 Å². The third-order valence-electron chi connectivity index (χ3n) is 4.15. The van der Waals surface area contributed by atoms with E-state index in [1.807, 2.05) is 11.0 Å². The Morgan fingerprint density at radius 2 is 1.92 bits per heavy atom. The van der Waals surface area contributed by atoms with Crippen molar-refractivity contribution in [2.75, 3.05) is 26.7 Å². The Morgan fingerprint density at radius 3 is 2.62 bits per heavy atom. The zero-order chi connectivity index (χ0) is 19.5. The van der Waals surface area contributed by atoms with Gasteiger partial charge < -0.3 is 15.0 Å². The number of ether oxygens (including phenoxy) is 1. The number of carbonyl (C=O) groups excluding carboxylic acids is 3. The van der Waals surface area contributed by atoms with Crippen molar-refractivity contribution in [1.82, 2.24) is 10.2 Å². The van der Waals surface area contributed by atoms with Gasteiger partial charge in [-0.1, -0.05) is 38.7 Å². The number of amides is 2. The molecule has 1 heterocycles. The summed E-state index contributed by atoms with van der Waals surface area (Å²) < 4.78 is 3.86. The Labute approximate surface area is 158 Å². The monoisotopic (exact) mass is 368 g/mol. The summed E-state index contributed by atoms with van der Waals surface area (Å²) in [6.45, 7) is 5.07. The third kappa shape index (κ3) is 14.5. The van der Waals surface area contributed by atoms with Crippen LogP contribution in [0.4, 0.5) is 0 Å². The Kier molecular flexibility index (Phi) is 16.7. The molecule has 0 saturated carbocycles. The van der Waals surface area contributed by atoms with Crippen molar-refractivity contribution in [3.63, 3.8) is 0 Å². The van der Waals surface area contributed by atoms with Crippen LogP contribution in [0.2, 0.25) is 0 Å². The highest BCUT2D eigenvalue weighted by molar-refractivity contribution is 5.87. The Bertz CT molecular complexity index is 411. The van der Waals surface area contributed by atoms with Gasteiger partial charge in [-0.2, -0.15) is 0 Å². The average Bonchev–Trinajstić information content (AvgIpc) is 2.85. The summed E-state index contributed by atoms with van der Waals surface area (Å²) in [6, 6.07) is 0. The first-order valence-corrected chi connectivity index (χ1v) is 9.84. The minimum absolute atomic E-state index is 0.0172. The van der Waals surface area contributed by atoms with Crippen LogP contribution in [0.25, 0.3) is 0 Å². The Balaban J connectivity index is 0.00000141. The van der Waals surface area contributed by atoms with Gasteiger partial charge in [-0.25, -0.2) is 0 Å². The summed E-state index contributed by atoms with van der Waals surface area (Å²) in [6.07, 6.45) is 14.1. The van der Waals surface area contributed by atoms with Crippen LogP contribution in [0, 0.1) is 0 Å². The van der Waals surface area contributed by atoms with Gasteiger partial charge in [0, 0.05) is 26.1 Å². The van der Waals surface area contributed by atoms with E-state index >= 15 is 0 Å². The molecule has 1 saturated heterocycles. The molecule has 1 rings (SSSR count). The smallest absolute Gasteiger partial charge is 0.292 e. The molecule has 26 heavy (non-hydrogen) atoms. The molecule has 0 bridgehead atoms. The van der Waals surface area contributed by atoms with Crippen LogP contribution in [0.15, 0.2) is 12.2 Å². The second kappa shape index (κ2) is 18.0. The van der Waals surface area contributed by atoms with Gasteiger partial charge >= 0.3 is 0 Å². The lowest BCUT2D eigenvalue weighted by Crippen LogP contribution is -2.31. The predicted octanol–water partition coefficient (Wildman–Crippen LogP) is 3.21. The summed E-state index contributed by atoms with van der Waals surface area (Å²) in [7, 11) is 1.31. The standard InChI is InChI=1S/C18H32N2O2.C2H4O2/c1-2-3-7-12-17(21)19-14-9-4-5-10-15-20-16-11-6-8-13-18(20)22;1-4-2-3/h7,12H,2-6,8-11,13-16H2,1H3,(H,19,21);2H,1H3/b12-7-;. The van der Waals surface area contributed by atoms with E-state index in [-0.39, 0.29) is 5.91 Å². The molecule has 2 amide bonds. The molecule has 0 atom stereocenters. The normalized spacial score (nSPS) is 14.4. The Hall–Kier alpha value is -1.85. The maximum absolute atomic E-state index is 11.8. The van der Waals surface area contributed by atoms with Gasteiger partial charge in [-0.3, -0.25) is 14.4 Å². The first-order chi connectivity index (χ1) is 12.7. The van der Waals surface area contributed by atoms with Gasteiger partial charge in [0.15, 0.2) is 0 Å². The average molecular weight is 369 g/mol. The topological polar surface area (TPSA) is 75.7 Å². The summed E-state index contributed by atoms with van der Waals surface area (Å²) in [4.78, 5) is 34.3. The number of hydrogen-bond donors (Lipinski definition) is 1. The van der Waals surface area contributed by atoms with Gasteiger partial charge in [-0.05, 0) is 38.2 Å². The second-order valence-electron chi connectivity index (χ2n) is 6.42. The molecule has 1 aliphatic heterocycles. The molecule has 0 aromatic rings. The van der Waals surface area contributed by atoms with E-state index in [0.29, 0.717) is 12.4 Å². The lowest BCUT2D eigenvalue weighted by atomic mass is 10.2. The van der Waals surface area contributed by atoms with Crippen molar-refractivity contribution >= 4 is 18.3 Å². The predicted molar refractivity (Wildman–Crippen MR) is 104 cm³/mol. The van der Waals surface area contributed by atoms with E-state index in [0.717, 1.165) is 77.4 Å². The van der Waals surface area contributed by atoms with Crippen molar-refractivity contribution in [1.29, 1.82) is 0 Å². The fourth-order valence-corrected chi connectivity index (χ4v) is 2.68. The summed E-state index contributed by atoms with van der Waals surface area (Å²) in [5, 5.41) is 2.91. The molecular weight excluding hydrogens is 332 g/mol. The van der Waals surface area contributed by atoms with Crippen molar-refractivity contribution in [3.8, 4) is 0 Å². The summed E-state index contributed by atoms with van der Waals surface area (Å²) in [5.74, 6) is 0.354. The van der Waals surface area contributed by atoms with Crippen LogP contribution >= 0.6 is 0 Å². The SMILES string of the molecule is CCC/C=C\C(=O)NCCCCCCN1CCCCCC1=O.COC=O. The number of carbonyl (C=O) groups is 3. The number of rotatable bonds is 11. The van der Waals surface area contributed by atoms with E-state index in [2.05, 4.69) is 17.0 Å². The number of unbranched alkanes of at least 4 members (excludes halogenated alkanes) is 4. The Morgan fingerprint density at radius 1 is 1.19 bits per heavy atom. The van der Waals surface area contributed by atoms with Crippen molar-refractivity contribution in [2.45, 2.75) is 71.1 Å². The van der Waals surface area contributed by atoms with Crippen LogP contribution in [0.3, 0.4) is 0 Å². The van der Waals surface area contributed by atoms with Gasteiger partial charge in [-0.15, -0.1) is 0 Å². The molecule has 6 heteroatoms. The zero-order valence-corrected chi connectivity index (χ0v) is 16.5. The van der Waals surface area contributed by atoms with Gasteiger partial charge in [0.25, 0.3) is 6.47 Å². The highest BCUT2D eigenvalue weighted by Crippen LogP contribution is 2.12. The van der Waals surface area contributed by atoms with Crippen LogP contribution in [0.1, 0.15) is 71.1 Å². The third-order valence-corrected chi connectivity index (χ3v) is 4.15. The molecule has 0 radical (unpaired) electrons. The van der Waals surface area contributed by atoms with Crippen LogP contribution in [0.5, 0.6) is 0 Å². The van der Waals surface area contributed by atoms with E-state index < -0.39 is 0 Å². The fourth-order valence-electron chi connectivity index (χ4n) is 2.68. The molecule has 0 aliphatic carbocycles. The maximum atomic E-state index is 11.8. The quantitative estimate of drug-likeness (QED) is 0.345. The molecule has 1 fully saturated rings. The molecule has 0 aromatic carbocycles. The van der Waals surface area contributed by atoms with Crippen LogP contribution < -0.4 is 5.32 Å². The number of allylic oxidation sites excluding steroid dienone is 1. The maximum Gasteiger partial charge on any atom is 0.292 e. The van der Waals surface area contributed by atoms with E-state index in [4.69, 9.17) is 4.79 Å². The minimum Gasteiger partial charge on any atom is -0.471 e. The van der Waals surface area contributed by atoms with E-state index in [9.17, 15) is 9.59 Å². The molecule has 1 N–H and O–H groups in total. The highest BCUT2D eigenvalue weighted by Gasteiger charge is 2.15. The van der Waals surface area contributed by atoms with Gasteiger partial charge in [0.1, 0.15) is 0 Å². The number of hydrogen-bond acceptors (Lipinski definition) is 4. The van der Waals surface area contributed by atoms with E-state index in [1.165, 1.54) is 13.5 Å². The lowest BCUT2D eigenvalue weighted by Gasteiger charge is -2.20. The van der Waals surface area contributed by atoms with Crippen molar-refractivity contribution < 1.29 is 19.1 Å². The molecule has 0 spiro atoms. The summed E-state index contributed by atoms with van der Waals surface area (Å²) >= 11 is 0. The van der Waals surface area contributed by atoms with Crippen molar-refractivity contribution in [3.05, 3.63) is 12.2 Å². The minimum atomic E-state index is 0.0172. The largest absolute Gasteiger partial charge is 0.471 e. The molecule has 6 nitrogen and oxygen atoms in total. The first kappa shape index (κ1) is 24.1. The fraction of sp³-hybridized carbons (Fsp3) is 0.750. The van der Waals surface area contributed by atoms with E-state index in [1.54, 1.807) is 6.08 Å². The number of likely N-dealkylation sites (tertiary alicyclic amines) is 1. The lowest BCUT2D eigenvalue weighted by molar-refractivity contribution is -0.130.